The van der Waals surface area contributed by atoms with Gasteiger partial charge in [-0.1, -0.05) is 19.4 Å². The van der Waals surface area contributed by atoms with E-state index in [4.69, 9.17) is 10.2 Å². The highest BCUT2D eigenvalue weighted by molar-refractivity contribution is 5.78. The third kappa shape index (κ3) is 1.66. The van der Waals surface area contributed by atoms with E-state index in [0.717, 1.165) is 23.2 Å². The molecule has 2 nitrogen and oxygen atoms in total. The Labute approximate surface area is 83.7 Å². The number of rotatable bonds is 3. The molecule has 0 bridgehead atoms. The van der Waals surface area contributed by atoms with Crippen molar-refractivity contribution in [2.75, 3.05) is 0 Å². The van der Waals surface area contributed by atoms with Crippen molar-refractivity contribution in [2.45, 2.75) is 26.3 Å². The molecule has 0 saturated carbocycles. The maximum Gasteiger partial charge on any atom is 0.134 e. The standard InChI is InChI=1S/C12H15NO/c1-2-3-9-4-5-12-10(6-9)7-11(8-13)14-12/h4-7H,2-3,8,13H2,1H3. The first-order chi connectivity index (χ1) is 6.83. The molecule has 0 spiro atoms. The number of furan rings is 1. The molecule has 0 amide bonds. The van der Waals surface area contributed by atoms with E-state index in [1.54, 1.807) is 0 Å². The molecule has 0 saturated heterocycles. The topological polar surface area (TPSA) is 39.2 Å². The second kappa shape index (κ2) is 3.84. The fourth-order valence-electron chi connectivity index (χ4n) is 1.69. The highest BCUT2D eigenvalue weighted by Crippen LogP contribution is 2.21. The first kappa shape index (κ1) is 9.28. The van der Waals surface area contributed by atoms with Crippen molar-refractivity contribution in [1.82, 2.24) is 0 Å². The van der Waals surface area contributed by atoms with Crippen molar-refractivity contribution in [3.63, 3.8) is 0 Å². The largest absolute Gasteiger partial charge is 0.460 e. The number of hydrogen-bond donors (Lipinski definition) is 1. The molecule has 0 aliphatic heterocycles. The predicted molar refractivity (Wildman–Crippen MR) is 58.1 cm³/mol. The van der Waals surface area contributed by atoms with Gasteiger partial charge in [0.05, 0.1) is 6.54 Å². The van der Waals surface area contributed by atoms with Crippen LogP contribution in [0.15, 0.2) is 28.7 Å². The Kier molecular flexibility index (Phi) is 2.55. The lowest BCUT2D eigenvalue weighted by molar-refractivity contribution is 0.552. The minimum absolute atomic E-state index is 0.470. The van der Waals surface area contributed by atoms with Crippen molar-refractivity contribution >= 4 is 11.0 Å². The SMILES string of the molecule is CCCc1ccc2oc(CN)cc2c1. The number of nitrogens with two attached hydrogens (primary N) is 1. The molecule has 0 fully saturated rings. The van der Waals surface area contributed by atoms with E-state index in [-0.39, 0.29) is 0 Å². The summed E-state index contributed by atoms with van der Waals surface area (Å²) in [6.45, 7) is 2.66. The van der Waals surface area contributed by atoms with Crippen molar-refractivity contribution < 1.29 is 4.42 Å². The lowest BCUT2D eigenvalue weighted by atomic mass is 10.1. The van der Waals surface area contributed by atoms with Gasteiger partial charge < -0.3 is 10.2 Å². The van der Waals surface area contributed by atoms with Crippen LogP contribution in [0.3, 0.4) is 0 Å². The van der Waals surface area contributed by atoms with Crippen LogP contribution >= 0.6 is 0 Å². The van der Waals surface area contributed by atoms with Gasteiger partial charge in [-0.3, -0.25) is 0 Å². The van der Waals surface area contributed by atoms with Crippen LogP contribution in [0.25, 0.3) is 11.0 Å². The van der Waals surface area contributed by atoms with Gasteiger partial charge in [0.15, 0.2) is 0 Å². The van der Waals surface area contributed by atoms with Gasteiger partial charge in [-0.25, -0.2) is 0 Å². The summed E-state index contributed by atoms with van der Waals surface area (Å²) in [6.07, 6.45) is 2.30. The second-order valence-electron chi connectivity index (χ2n) is 3.54. The molecule has 0 atom stereocenters. The Hall–Kier alpha value is -1.28. The van der Waals surface area contributed by atoms with E-state index in [9.17, 15) is 0 Å². The van der Waals surface area contributed by atoms with Crippen molar-refractivity contribution in [3.8, 4) is 0 Å². The lowest BCUT2D eigenvalue weighted by Gasteiger charge is -1.96. The molecule has 0 radical (unpaired) electrons. The van der Waals surface area contributed by atoms with Crippen molar-refractivity contribution in [1.29, 1.82) is 0 Å². The average molecular weight is 189 g/mol. The summed E-state index contributed by atoms with van der Waals surface area (Å²) in [5, 5.41) is 1.16. The minimum atomic E-state index is 0.470. The number of fused-ring (bicyclic) bond motifs is 1. The van der Waals surface area contributed by atoms with Crippen molar-refractivity contribution in [3.05, 3.63) is 35.6 Å². The molecule has 2 rings (SSSR count). The third-order valence-corrected chi connectivity index (χ3v) is 2.37. The van der Waals surface area contributed by atoms with Gasteiger partial charge in [0.2, 0.25) is 0 Å². The van der Waals surface area contributed by atoms with Gasteiger partial charge in [-0.05, 0) is 30.2 Å². The molecule has 1 aromatic carbocycles. The highest BCUT2D eigenvalue weighted by Gasteiger charge is 2.02. The zero-order valence-electron chi connectivity index (χ0n) is 8.42. The molecular formula is C12H15NO. The summed E-state index contributed by atoms with van der Waals surface area (Å²) < 4.78 is 5.53. The molecular weight excluding hydrogens is 174 g/mol. The molecule has 0 unspecified atom stereocenters. The fourth-order valence-corrected chi connectivity index (χ4v) is 1.69. The molecule has 1 heterocycles. The van der Waals surface area contributed by atoms with E-state index in [0.29, 0.717) is 6.54 Å². The smallest absolute Gasteiger partial charge is 0.134 e. The molecule has 2 N–H and O–H groups in total. The molecule has 74 valence electrons. The average Bonchev–Trinajstić information content (AvgIpc) is 2.60. The van der Waals surface area contributed by atoms with Gasteiger partial charge in [0, 0.05) is 5.39 Å². The summed E-state index contributed by atoms with van der Waals surface area (Å²) in [6, 6.07) is 8.35. The van der Waals surface area contributed by atoms with Crippen LogP contribution in [0.5, 0.6) is 0 Å². The van der Waals surface area contributed by atoms with Gasteiger partial charge in [0.1, 0.15) is 11.3 Å². The van der Waals surface area contributed by atoms with Crippen LogP contribution in [0, 0.1) is 0 Å². The zero-order chi connectivity index (χ0) is 9.97. The minimum Gasteiger partial charge on any atom is -0.460 e. The Balaban J connectivity index is 2.43. The zero-order valence-corrected chi connectivity index (χ0v) is 8.42. The van der Waals surface area contributed by atoms with Crippen LogP contribution in [0.2, 0.25) is 0 Å². The lowest BCUT2D eigenvalue weighted by Crippen LogP contribution is -1.92. The van der Waals surface area contributed by atoms with E-state index >= 15 is 0 Å². The Morgan fingerprint density at radius 1 is 1.29 bits per heavy atom. The van der Waals surface area contributed by atoms with Gasteiger partial charge >= 0.3 is 0 Å². The fraction of sp³-hybridized carbons (Fsp3) is 0.333. The Morgan fingerprint density at radius 2 is 2.14 bits per heavy atom. The summed E-state index contributed by atoms with van der Waals surface area (Å²) in [5.41, 5.74) is 7.82. The second-order valence-corrected chi connectivity index (χ2v) is 3.54. The summed E-state index contributed by atoms with van der Waals surface area (Å²) in [7, 11) is 0. The van der Waals surface area contributed by atoms with E-state index < -0.39 is 0 Å². The van der Waals surface area contributed by atoms with Crippen LogP contribution in [0.4, 0.5) is 0 Å². The van der Waals surface area contributed by atoms with Crippen LogP contribution in [-0.2, 0) is 13.0 Å². The predicted octanol–water partition coefficient (Wildman–Crippen LogP) is 2.84. The Bertz CT molecular complexity index is 431. The van der Waals surface area contributed by atoms with Gasteiger partial charge in [-0.15, -0.1) is 0 Å². The van der Waals surface area contributed by atoms with Crippen molar-refractivity contribution in [2.24, 2.45) is 5.73 Å². The number of hydrogen-bond acceptors (Lipinski definition) is 2. The molecule has 14 heavy (non-hydrogen) atoms. The summed E-state index contributed by atoms with van der Waals surface area (Å²) in [5.74, 6) is 0.855. The monoisotopic (exact) mass is 189 g/mol. The normalized spacial score (nSPS) is 11.0. The first-order valence-electron chi connectivity index (χ1n) is 5.05. The number of benzene rings is 1. The summed E-state index contributed by atoms with van der Waals surface area (Å²) >= 11 is 0. The van der Waals surface area contributed by atoms with Gasteiger partial charge in [0.25, 0.3) is 0 Å². The van der Waals surface area contributed by atoms with Crippen LogP contribution < -0.4 is 5.73 Å². The Morgan fingerprint density at radius 3 is 2.86 bits per heavy atom. The molecule has 2 aromatic rings. The summed E-state index contributed by atoms with van der Waals surface area (Å²) in [4.78, 5) is 0. The van der Waals surface area contributed by atoms with Crippen LogP contribution in [-0.4, -0.2) is 0 Å². The molecule has 0 aliphatic rings. The number of aryl methyl sites for hydroxylation is 1. The van der Waals surface area contributed by atoms with E-state index in [1.165, 1.54) is 12.0 Å². The molecule has 2 heteroatoms. The third-order valence-electron chi connectivity index (χ3n) is 2.37. The maximum atomic E-state index is 5.53. The van der Waals surface area contributed by atoms with E-state index in [2.05, 4.69) is 19.1 Å². The highest BCUT2D eigenvalue weighted by atomic mass is 16.3. The van der Waals surface area contributed by atoms with Crippen LogP contribution in [0.1, 0.15) is 24.7 Å². The van der Waals surface area contributed by atoms with Gasteiger partial charge in [-0.2, -0.15) is 0 Å². The quantitative estimate of drug-likeness (QED) is 0.806. The first-order valence-corrected chi connectivity index (χ1v) is 5.05. The molecule has 0 aliphatic carbocycles. The molecule has 1 aromatic heterocycles. The maximum absolute atomic E-state index is 5.53. The van der Waals surface area contributed by atoms with E-state index in [1.807, 2.05) is 12.1 Å².